The molecule has 2 heterocycles. The third kappa shape index (κ3) is 4.49. The van der Waals surface area contributed by atoms with Gasteiger partial charge in [0.15, 0.2) is 25.3 Å². The summed E-state index contributed by atoms with van der Waals surface area (Å²) in [5, 5.41) is 13.1. The van der Waals surface area contributed by atoms with Crippen LogP contribution in [0, 0.1) is 5.92 Å². The third-order valence-corrected chi connectivity index (χ3v) is 9.54. The van der Waals surface area contributed by atoms with E-state index < -0.39 is 8.32 Å². The molecule has 0 radical (unpaired) electrons. The summed E-state index contributed by atoms with van der Waals surface area (Å²) in [6.45, 7) is 12.1. The molecule has 2 aromatic rings. The van der Waals surface area contributed by atoms with E-state index in [9.17, 15) is 5.11 Å². The van der Waals surface area contributed by atoms with Gasteiger partial charge in [0.25, 0.3) is 0 Å². The van der Waals surface area contributed by atoms with E-state index in [4.69, 9.17) is 16.0 Å². The number of nitrogens with one attached hydrogen (secondary N) is 1. The van der Waals surface area contributed by atoms with Crippen molar-refractivity contribution < 1.29 is 9.53 Å². The molecule has 0 fully saturated rings. The van der Waals surface area contributed by atoms with Gasteiger partial charge in [-0.05, 0) is 29.7 Å². The van der Waals surface area contributed by atoms with Gasteiger partial charge in [-0.2, -0.15) is 9.97 Å². The zero-order chi connectivity index (χ0) is 18.8. The molecule has 2 N–H and O–H groups in total. The van der Waals surface area contributed by atoms with Gasteiger partial charge in [-0.15, -0.1) is 0 Å². The minimum absolute atomic E-state index is 0.0337. The Morgan fingerprint density at radius 1 is 1.36 bits per heavy atom. The Morgan fingerprint density at radius 3 is 2.60 bits per heavy atom. The van der Waals surface area contributed by atoms with E-state index in [0.29, 0.717) is 30.1 Å². The Bertz CT molecular complexity index is 729. The van der Waals surface area contributed by atoms with Gasteiger partial charge in [-0.1, -0.05) is 20.8 Å². The molecule has 9 heteroatoms. The fourth-order valence-electron chi connectivity index (χ4n) is 2.21. The smallest absolute Gasteiger partial charge is 0.226 e. The number of fused-ring (bicyclic) bond motifs is 1. The van der Waals surface area contributed by atoms with Crippen molar-refractivity contribution in [1.82, 2.24) is 19.5 Å². The maximum atomic E-state index is 9.78. The van der Waals surface area contributed by atoms with Gasteiger partial charge in [0.05, 0.1) is 6.33 Å². The first kappa shape index (κ1) is 20.1. The second-order valence-electron chi connectivity index (χ2n) is 7.78. The Kier molecular flexibility index (Phi) is 6.08. The lowest BCUT2D eigenvalue weighted by Gasteiger charge is -2.37. The average molecular weight is 386 g/mol. The van der Waals surface area contributed by atoms with Crippen LogP contribution in [0.3, 0.4) is 0 Å². The second kappa shape index (κ2) is 7.57. The fraction of sp³-hybridized carbons (Fsp3) is 0.688. The monoisotopic (exact) mass is 385 g/mol. The van der Waals surface area contributed by atoms with Crippen LogP contribution in [0.2, 0.25) is 23.4 Å². The van der Waals surface area contributed by atoms with Crippen LogP contribution >= 0.6 is 11.6 Å². The summed E-state index contributed by atoms with van der Waals surface area (Å²) in [7, 11) is -0.0905. The number of aliphatic hydroxyl groups excluding tert-OH is 1. The molecule has 2 rings (SSSR count). The molecule has 2 aromatic heterocycles. The number of aromatic nitrogens is 4. The minimum atomic E-state index is -1.86. The van der Waals surface area contributed by atoms with Crippen LogP contribution < -0.4 is 5.32 Å². The molecule has 0 amide bonds. The largest absolute Gasteiger partial charge is 0.416 e. The summed E-state index contributed by atoms with van der Waals surface area (Å²) in [4.78, 5) is 12.8. The molecule has 7 nitrogen and oxygen atoms in total. The lowest BCUT2D eigenvalue weighted by atomic mass is 10.2. The molecule has 0 aromatic carbocycles. The lowest BCUT2D eigenvalue weighted by molar-refractivity contribution is 0.142. The van der Waals surface area contributed by atoms with Gasteiger partial charge < -0.3 is 19.4 Å². The molecular formula is C16H28ClN5O2Si. The number of aliphatic hydroxyl groups is 1. The highest BCUT2D eigenvalue weighted by molar-refractivity contribution is 6.74. The van der Waals surface area contributed by atoms with E-state index in [-0.39, 0.29) is 22.8 Å². The van der Waals surface area contributed by atoms with Gasteiger partial charge >= 0.3 is 0 Å². The van der Waals surface area contributed by atoms with Gasteiger partial charge in [-0.25, -0.2) is 4.98 Å². The molecule has 0 bridgehead atoms. The Morgan fingerprint density at radius 2 is 2.04 bits per heavy atom. The number of hydrogen-bond acceptors (Lipinski definition) is 6. The molecule has 0 aliphatic heterocycles. The van der Waals surface area contributed by atoms with Crippen molar-refractivity contribution in [3.63, 3.8) is 0 Å². The van der Waals surface area contributed by atoms with Crippen molar-refractivity contribution in [2.75, 3.05) is 25.6 Å². The molecule has 0 aliphatic carbocycles. The van der Waals surface area contributed by atoms with Crippen molar-refractivity contribution in [1.29, 1.82) is 0 Å². The Hall–Kier alpha value is -1.22. The highest BCUT2D eigenvalue weighted by Crippen LogP contribution is 2.36. The average Bonchev–Trinajstić information content (AvgIpc) is 2.92. The molecular weight excluding hydrogens is 358 g/mol. The predicted molar refractivity (Wildman–Crippen MR) is 104 cm³/mol. The standard InChI is InChI=1S/C16H28ClN5O2Si/c1-16(2,3)25(5,6)24-9-11(8-23)7-22-10-19-12-13(18-4)20-15(17)21-14(12)22/h10-11,23H,7-9H2,1-6H3,(H,18,20,21). The predicted octanol–water partition coefficient (Wildman–Crippen LogP) is 3.15. The topological polar surface area (TPSA) is 85.1 Å². The summed E-state index contributed by atoms with van der Waals surface area (Å²) in [6.07, 6.45) is 1.70. The van der Waals surface area contributed by atoms with Gasteiger partial charge in [0, 0.05) is 32.7 Å². The van der Waals surface area contributed by atoms with Gasteiger partial charge in [-0.3, -0.25) is 0 Å². The molecule has 0 saturated heterocycles. The Balaban J connectivity index is 2.17. The van der Waals surface area contributed by atoms with E-state index in [2.05, 4.69) is 54.1 Å². The third-order valence-electron chi connectivity index (χ3n) is 4.87. The van der Waals surface area contributed by atoms with Gasteiger partial charge in [0.2, 0.25) is 5.28 Å². The lowest BCUT2D eigenvalue weighted by Crippen LogP contribution is -2.42. The molecule has 0 saturated carbocycles. The number of halogens is 1. The first-order chi connectivity index (χ1) is 11.6. The van der Waals surface area contributed by atoms with Crippen LogP contribution in [-0.4, -0.2) is 53.2 Å². The van der Waals surface area contributed by atoms with E-state index in [1.807, 2.05) is 4.57 Å². The summed E-state index contributed by atoms with van der Waals surface area (Å²) in [5.74, 6) is 0.546. The number of rotatable bonds is 7. The zero-order valence-corrected chi connectivity index (χ0v) is 17.6. The van der Waals surface area contributed by atoms with Crippen LogP contribution in [0.25, 0.3) is 11.2 Å². The van der Waals surface area contributed by atoms with Gasteiger partial charge in [0.1, 0.15) is 0 Å². The summed E-state index contributed by atoms with van der Waals surface area (Å²) < 4.78 is 8.14. The molecule has 140 valence electrons. The van der Waals surface area contributed by atoms with Crippen LogP contribution in [-0.2, 0) is 11.0 Å². The summed E-state index contributed by atoms with van der Waals surface area (Å²) >= 11 is 6.00. The number of anilines is 1. The summed E-state index contributed by atoms with van der Waals surface area (Å²) in [5.41, 5.74) is 1.31. The van der Waals surface area contributed by atoms with E-state index >= 15 is 0 Å². The fourth-order valence-corrected chi connectivity index (χ4v) is 3.46. The van der Waals surface area contributed by atoms with E-state index in [1.165, 1.54) is 0 Å². The SMILES string of the molecule is CNc1nc(Cl)nc2c1ncn2CC(CO)CO[Si](C)(C)C(C)(C)C. The van der Waals surface area contributed by atoms with Crippen molar-refractivity contribution in [2.45, 2.75) is 45.4 Å². The van der Waals surface area contributed by atoms with Crippen LogP contribution in [0.15, 0.2) is 6.33 Å². The van der Waals surface area contributed by atoms with Crippen LogP contribution in [0.1, 0.15) is 20.8 Å². The zero-order valence-electron chi connectivity index (χ0n) is 15.8. The van der Waals surface area contributed by atoms with Crippen LogP contribution in [0.5, 0.6) is 0 Å². The first-order valence-corrected chi connectivity index (χ1v) is 11.7. The second-order valence-corrected chi connectivity index (χ2v) is 12.9. The van der Waals surface area contributed by atoms with Crippen molar-refractivity contribution >= 4 is 36.9 Å². The van der Waals surface area contributed by atoms with Crippen LogP contribution in [0.4, 0.5) is 5.82 Å². The quantitative estimate of drug-likeness (QED) is 0.562. The maximum Gasteiger partial charge on any atom is 0.226 e. The number of nitrogens with zero attached hydrogens (tertiary/aromatic N) is 4. The number of imidazole rings is 1. The maximum absolute atomic E-state index is 9.78. The minimum Gasteiger partial charge on any atom is -0.416 e. The van der Waals surface area contributed by atoms with E-state index in [1.54, 1.807) is 13.4 Å². The molecule has 0 aliphatic rings. The molecule has 1 unspecified atom stereocenters. The van der Waals surface area contributed by atoms with E-state index in [0.717, 1.165) is 0 Å². The summed E-state index contributed by atoms with van der Waals surface area (Å²) in [6, 6.07) is 0. The Labute approximate surface area is 154 Å². The normalized spacial score (nSPS) is 14.1. The number of hydrogen-bond donors (Lipinski definition) is 2. The highest BCUT2D eigenvalue weighted by Gasteiger charge is 2.37. The van der Waals surface area contributed by atoms with Crippen molar-refractivity contribution in [3.8, 4) is 0 Å². The molecule has 1 atom stereocenters. The van der Waals surface area contributed by atoms with Crippen molar-refractivity contribution in [2.24, 2.45) is 5.92 Å². The molecule has 0 spiro atoms. The highest BCUT2D eigenvalue weighted by atomic mass is 35.5. The molecule has 25 heavy (non-hydrogen) atoms. The first-order valence-electron chi connectivity index (χ1n) is 8.40. The van der Waals surface area contributed by atoms with Crippen molar-refractivity contribution in [3.05, 3.63) is 11.6 Å².